The van der Waals surface area contributed by atoms with E-state index in [0.29, 0.717) is 22.7 Å². The number of ether oxygens (including phenoxy) is 1. The molecule has 5 fully saturated rings. The van der Waals surface area contributed by atoms with Crippen molar-refractivity contribution in [2.75, 3.05) is 0 Å². The summed E-state index contributed by atoms with van der Waals surface area (Å²) in [5.74, 6) is 3.59. The minimum atomic E-state index is -0.104. The summed E-state index contributed by atoms with van der Waals surface area (Å²) in [5.41, 5.74) is 1.22. The first-order valence-corrected chi connectivity index (χ1v) is 13.9. The molecule has 2 nitrogen and oxygen atoms in total. The van der Waals surface area contributed by atoms with Crippen LogP contribution in [0, 0.1) is 45.8 Å². The van der Waals surface area contributed by atoms with E-state index in [1.54, 1.807) is 0 Å². The number of hydrogen-bond acceptors (Lipinski definition) is 2. The molecule has 0 aromatic carbocycles. The first kappa shape index (κ1) is 22.7. The van der Waals surface area contributed by atoms with Crippen LogP contribution >= 0.6 is 0 Å². The molecule has 0 aromatic heterocycles. The van der Waals surface area contributed by atoms with Gasteiger partial charge in [0.15, 0.2) is 0 Å². The molecule has 0 aromatic rings. The zero-order chi connectivity index (χ0) is 22.4. The summed E-state index contributed by atoms with van der Waals surface area (Å²) in [5, 5.41) is 10.6. The van der Waals surface area contributed by atoms with Crippen molar-refractivity contribution in [3.8, 4) is 0 Å². The SMILES string of the molecule is CC(C)CCC[C@H](C)[C@H]1CC[C@@]2(C)[C@@]34CC[C@H]5[C@H](C)[C@@H](O)CC[C@]5(C)[C@]3(CC[C@]12C)O4. The number of rotatable bonds is 5. The molecule has 5 rings (SSSR count). The van der Waals surface area contributed by atoms with Crippen molar-refractivity contribution >= 4 is 0 Å². The van der Waals surface area contributed by atoms with Crippen molar-refractivity contribution in [3.63, 3.8) is 0 Å². The lowest BCUT2D eigenvalue weighted by atomic mass is 9.39. The number of aliphatic hydroxyl groups excluding tert-OH is 1. The maximum atomic E-state index is 10.6. The maximum absolute atomic E-state index is 10.6. The highest BCUT2D eigenvalue weighted by Crippen LogP contribution is 2.85. The average molecular weight is 431 g/mol. The molecule has 4 saturated carbocycles. The lowest BCUT2D eigenvalue weighted by Gasteiger charge is -2.62. The van der Waals surface area contributed by atoms with E-state index < -0.39 is 0 Å². The Morgan fingerprint density at radius 2 is 1.58 bits per heavy atom. The number of hydrogen-bond donors (Lipinski definition) is 1. The van der Waals surface area contributed by atoms with Crippen molar-refractivity contribution in [2.45, 2.75) is 136 Å². The van der Waals surface area contributed by atoms with Gasteiger partial charge in [-0.15, -0.1) is 0 Å². The van der Waals surface area contributed by atoms with Gasteiger partial charge in [-0.2, -0.15) is 0 Å². The first-order valence-electron chi connectivity index (χ1n) is 13.9. The molecule has 0 radical (unpaired) electrons. The van der Waals surface area contributed by atoms with Gasteiger partial charge in [0.05, 0.1) is 6.10 Å². The van der Waals surface area contributed by atoms with Gasteiger partial charge in [0.25, 0.3) is 0 Å². The predicted octanol–water partition coefficient (Wildman–Crippen LogP) is 7.38. The molecular weight excluding hydrogens is 380 g/mol. The Labute approximate surface area is 192 Å². The Morgan fingerprint density at radius 3 is 2.29 bits per heavy atom. The van der Waals surface area contributed by atoms with Gasteiger partial charge in [0.2, 0.25) is 0 Å². The molecule has 10 atom stereocenters. The fraction of sp³-hybridized carbons (Fsp3) is 1.00. The van der Waals surface area contributed by atoms with Gasteiger partial charge < -0.3 is 9.84 Å². The number of epoxide rings is 1. The Balaban J connectivity index is 1.42. The van der Waals surface area contributed by atoms with Crippen molar-refractivity contribution in [2.24, 2.45) is 45.8 Å². The van der Waals surface area contributed by atoms with Crippen LogP contribution in [0.2, 0.25) is 0 Å². The lowest BCUT2D eigenvalue weighted by molar-refractivity contribution is -0.126. The lowest BCUT2D eigenvalue weighted by Crippen LogP contribution is -2.64. The van der Waals surface area contributed by atoms with Crippen LogP contribution in [0.3, 0.4) is 0 Å². The fourth-order valence-corrected chi connectivity index (χ4v) is 10.6. The van der Waals surface area contributed by atoms with Crippen LogP contribution < -0.4 is 0 Å². The van der Waals surface area contributed by atoms with Gasteiger partial charge in [-0.1, -0.05) is 67.7 Å². The van der Waals surface area contributed by atoms with Gasteiger partial charge in [-0.3, -0.25) is 0 Å². The second-order valence-electron chi connectivity index (χ2n) is 14.0. The van der Waals surface area contributed by atoms with E-state index >= 15 is 0 Å². The number of aliphatic hydroxyl groups is 1. The zero-order valence-electron chi connectivity index (χ0n) is 21.6. The molecule has 5 aliphatic rings. The van der Waals surface area contributed by atoms with E-state index in [2.05, 4.69) is 48.5 Å². The molecule has 1 N–H and O–H groups in total. The molecule has 0 bridgehead atoms. The first-order chi connectivity index (χ1) is 14.5. The molecule has 31 heavy (non-hydrogen) atoms. The normalized spacial score (nSPS) is 56.4. The summed E-state index contributed by atoms with van der Waals surface area (Å²) in [7, 11) is 0. The minimum Gasteiger partial charge on any atom is -0.393 e. The van der Waals surface area contributed by atoms with Crippen LogP contribution in [-0.4, -0.2) is 22.4 Å². The van der Waals surface area contributed by atoms with Gasteiger partial charge in [-0.25, -0.2) is 0 Å². The number of fused-ring (bicyclic) bond motifs is 2. The summed E-state index contributed by atoms with van der Waals surface area (Å²) in [6.45, 7) is 17.5. The van der Waals surface area contributed by atoms with Crippen LogP contribution in [0.1, 0.15) is 119 Å². The molecule has 1 heterocycles. The highest BCUT2D eigenvalue weighted by Gasteiger charge is 2.89. The summed E-state index contributed by atoms with van der Waals surface area (Å²) in [4.78, 5) is 0. The van der Waals surface area contributed by atoms with Crippen LogP contribution in [0.4, 0.5) is 0 Å². The standard InChI is InChI=1S/C29H50O2/c1-19(2)9-8-10-20(3)22-11-15-27(7)25(22,5)17-18-28-26(6)14-13-24(30)21(4)23(26)12-16-29(27,28)31-28/h19-24,30H,8-18H2,1-7H3/t20-,21-,22+,23-,24-,25+,26-,27+,28-,29-/m0/s1. The Bertz CT molecular complexity index is 718. The molecular formula is C29H50O2. The molecule has 178 valence electrons. The monoisotopic (exact) mass is 430 g/mol. The molecule has 0 unspecified atom stereocenters. The third kappa shape index (κ3) is 2.59. The summed E-state index contributed by atoms with van der Waals surface area (Å²) in [6, 6.07) is 0. The molecule has 0 spiro atoms. The fourth-order valence-electron chi connectivity index (χ4n) is 10.6. The third-order valence-electron chi connectivity index (χ3n) is 12.8. The van der Waals surface area contributed by atoms with E-state index in [1.807, 2.05) is 0 Å². The molecule has 0 amide bonds. The van der Waals surface area contributed by atoms with Crippen LogP contribution in [0.25, 0.3) is 0 Å². The minimum absolute atomic E-state index is 0.0986. The van der Waals surface area contributed by atoms with E-state index in [9.17, 15) is 5.11 Å². The van der Waals surface area contributed by atoms with E-state index in [-0.39, 0.29) is 22.7 Å². The quantitative estimate of drug-likeness (QED) is 0.461. The van der Waals surface area contributed by atoms with Gasteiger partial charge >= 0.3 is 0 Å². The molecule has 1 aliphatic heterocycles. The van der Waals surface area contributed by atoms with Crippen molar-refractivity contribution < 1.29 is 9.84 Å². The predicted molar refractivity (Wildman–Crippen MR) is 128 cm³/mol. The van der Waals surface area contributed by atoms with Crippen molar-refractivity contribution in [1.82, 2.24) is 0 Å². The van der Waals surface area contributed by atoms with Crippen LogP contribution in [-0.2, 0) is 4.74 Å². The smallest absolute Gasteiger partial charge is 0.104 e. The Hall–Kier alpha value is -0.0800. The summed E-state index contributed by atoms with van der Waals surface area (Å²) in [6.07, 6.45) is 14.1. The van der Waals surface area contributed by atoms with Gasteiger partial charge in [0, 0.05) is 10.8 Å². The summed E-state index contributed by atoms with van der Waals surface area (Å²) < 4.78 is 7.21. The second-order valence-corrected chi connectivity index (χ2v) is 14.0. The highest BCUT2D eigenvalue weighted by molar-refractivity contribution is 5.37. The summed E-state index contributed by atoms with van der Waals surface area (Å²) >= 11 is 0. The van der Waals surface area contributed by atoms with Crippen LogP contribution in [0.5, 0.6) is 0 Å². The van der Waals surface area contributed by atoms with E-state index in [1.165, 1.54) is 57.8 Å². The third-order valence-corrected chi connectivity index (χ3v) is 12.8. The Morgan fingerprint density at radius 1 is 0.839 bits per heavy atom. The van der Waals surface area contributed by atoms with E-state index in [4.69, 9.17) is 4.74 Å². The largest absolute Gasteiger partial charge is 0.393 e. The topological polar surface area (TPSA) is 32.8 Å². The van der Waals surface area contributed by atoms with Gasteiger partial charge in [-0.05, 0) is 86.4 Å². The van der Waals surface area contributed by atoms with Crippen LogP contribution in [0.15, 0.2) is 0 Å². The van der Waals surface area contributed by atoms with E-state index in [0.717, 1.165) is 30.6 Å². The highest BCUT2D eigenvalue weighted by atomic mass is 16.6. The molecule has 4 aliphatic carbocycles. The van der Waals surface area contributed by atoms with Gasteiger partial charge in [0.1, 0.15) is 11.2 Å². The zero-order valence-corrected chi connectivity index (χ0v) is 21.6. The maximum Gasteiger partial charge on any atom is 0.104 e. The molecule has 2 heteroatoms. The van der Waals surface area contributed by atoms with Crippen molar-refractivity contribution in [3.05, 3.63) is 0 Å². The van der Waals surface area contributed by atoms with Crippen molar-refractivity contribution in [1.29, 1.82) is 0 Å². The molecule has 1 saturated heterocycles. The average Bonchev–Trinajstić information content (AvgIpc) is 3.34. The second kappa shape index (κ2) is 6.97. The Kier molecular flexibility index (Phi) is 5.10.